The summed E-state index contributed by atoms with van der Waals surface area (Å²) in [6.45, 7) is 0.422. The Morgan fingerprint density at radius 1 is 0.966 bits per heavy atom. The van der Waals surface area contributed by atoms with Crippen molar-refractivity contribution in [3.63, 3.8) is 0 Å². The Morgan fingerprint density at radius 2 is 1.62 bits per heavy atom. The highest BCUT2D eigenvalue weighted by Gasteiger charge is 2.41. The molecule has 1 aliphatic carbocycles. The van der Waals surface area contributed by atoms with Crippen LogP contribution in [0.15, 0.2) is 0 Å². The van der Waals surface area contributed by atoms with Gasteiger partial charge in [0.15, 0.2) is 12.6 Å². The van der Waals surface area contributed by atoms with E-state index >= 15 is 0 Å². The van der Waals surface area contributed by atoms with E-state index in [1.165, 1.54) is 0 Å². The fourth-order valence-electron chi connectivity index (χ4n) is 3.92. The first-order valence-electron chi connectivity index (χ1n) is 10.3. The molecule has 1 saturated carbocycles. The number of hydrogen-bond acceptors (Lipinski definition) is 11. The molecule has 3 fully saturated rings. The van der Waals surface area contributed by atoms with Crippen molar-refractivity contribution in [1.29, 1.82) is 0 Å². The normalized spacial score (nSPS) is 45.5. The quantitative estimate of drug-likeness (QED) is 0.220. The molecule has 2 heterocycles. The van der Waals surface area contributed by atoms with Gasteiger partial charge in [-0.25, -0.2) is 0 Å². The topological polar surface area (TPSA) is 199 Å². The lowest BCUT2D eigenvalue weighted by molar-refractivity contribution is -0.240. The van der Waals surface area contributed by atoms with Gasteiger partial charge in [-0.2, -0.15) is 0 Å². The molecule has 0 aromatic rings. The molecule has 2 aliphatic heterocycles. The lowest BCUT2D eigenvalue weighted by Crippen LogP contribution is -2.62. The van der Waals surface area contributed by atoms with E-state index in [9.17, 15) is 15.3 Å². The molecule has 0 spiro atoms. The Labute approximate surface area is 171 Å². The fraction of sp³-hybridized carbons (Fsp3) is 1.00. The Bertz CT molecular complexity index is 467. The highest BCUT2D eigenvalue weighted by atomic mass is 16.7. The molecule has 3 rings (SSSR count). The molecular weight excluding hydrogens is 384 g/mol. The molecule has 3 aliphatic rings. The molecule has 11 heteroatoms. The van der Waals surface area contributed by atoms with Crippen LogP contribution in [0.3, 0.4) is 0 Å². The minimum atomic E-state index is -1.23. The average Bonchev–Trinajstić information content (AvgIpc) is 3.12. The van der Waals surface area contributed by atoms with E-state index in [0.29, 0.717) is 6.54 Å². The molecule has 9 atom stereocenters. The monoisotopic (exact) mass is 422 g/mol. The van der Waals surface area contributed by atoms with E-state index in [2.05, 4.69) is 5.32 Å². The summed E-state index contributed by atoms with van der Waals surface area (Å²) >= 11 is 0. The minimum Gasteiger partial charge on any atom is -0.394 e. The Hall–Kier alpha value is -0.440. The molecule has 2 saturated heterocycles. The van der Waals surface area contributed by atoms with E-state index in [-0.39, 0.29) is 37.2 Å². The standard InChI is InChI=1S/C11H22N2O3.C7H16N2O4/c12-7-3-8(13)5-10(4-7)16-11-2-1-9(6-14)15-11;1-9-2-3-5(10)6(11)4(8)7(12)13-3/h7-11,14H,1-6,12-13H2;3-7,9-12H,2,8H2,1H3/t;3-,4+,5+,6?,7-/m.0/s1. The summed E-state index contributed by atoms with van der Waals surface area (Å²) in [7, 11) is 1.68. The predicted octanol–water partition coefficient (Wildman–Crippen LogP) is -3.32. The van der Waals surface area contributed by atoms with Crippen LogP contribution in [0.5, 0.6) is 0 Å². The van der Waals surface area contributed by atoms with Gasteiger partial charge in [-0.05, 0) is 32.7 Å². The average molecular weight is 423 g/mol. The summed E-state index contributed by atoms with van der Waals surface area (Å²) < 4.78 is 16.3. The maximum Gasteiger partial charge on any atom is 0.172 e. The van der Waals surface area contributed by atoms with Crippen molar-refractivity contribution in [3.05, 3.63) is 0 Å². The zero-order valence-electron chi connectivity index (χ0n) is 17.0. The van der Waals surface area contributed by atoms with E-state index in [1.54, 1.807) is 7.05 Å². The number of aliphatic hydroxyl groups excluding tert-OH is 4. The fourth-order valence-corrected chi connectivity index (χ4v) is 3.92. The Balaban J connectivity index is 0.000000212. The van der Waals surface area contributed by atoms with E-state index in [4.69, 9.17) is 36.5 Å². The molecule has 0 bridgehead atoms. The van der Waals surface area contributed by atoms with E-state index < -0.39 is 30.6 Å². The molecule has 11 N–H and O–H groups in total. The summed E-state index contributed by atoms with van der Waals surface area (Å²) in [5.41, 5.74) is 17.2. The van der Waals surface area contributed by atoms with Gasteiger partial charge in [0.1, 0.15) is 18.3 Å². The van der Waals surface area contributed by atoms with Crippen molar-refractivity contribution in [2.75, 3.05) is 20.2 Å². The maximum atomic E-state index is 9.45. The Morgan fingerprint density at radius 3 is 2.17 bits per heavy atom. The third kappa shape index (κ3) is 7.33. The van der Waals surface area contributed by atoms with E-state index in [0.717, 1.165) is 32.1 Å². The number of ether oxygens (including phenoxy) is 3. The predicted molar refractivity (Wildman–Crippen MR) is 104 cm³/mol. The number of nitrogens with one attached hydrogen (secondary N) is 1. The van der Waals surface area contributed by atoms with Gasteiger partial charge >= 0.3 is 0 Å². The lowest BCUT2D eigenvalue weighted by Gasteiger charge is -2.38. The third-order valence-corrected chi connectivity index (χ3v) is 5.53. The van der Waals surface area contributed by atoms with Gasteiger partial charge in [-0.3, -0.25) is 0 Å². The highest BCUT2D eigenvalue weighted by Crippen LogP contribution is 2.26. The summed E-state index contributed by atoms with van der Waals surface area (Å²) in [4.78, 5) is 0. The van der Waals surface area contributed by atoms with Gasteiger partial charge in [0.25, 0.3) is 0 Å². The van der Waals surface area contributed by atoms with Crippen molar-refractivity contribution in [2.24, 2.45) is 17.2 Å². The van der Waals surface area contributed by atoms with Gasteiger partial charge in [0.2, 0.25) is 0 Å². The first-order chi connectivity index (χ1) is 13.7. The second-order valence-corrected chi connectivity index (χ2v) is 8.11. The van der Waals surface area contributed by atoms with Crippen LogP contribution in [-0.2, 0) is 14.2 Å². The van der Waals surface area contributed by atoms with Gasteiger partial charge in [0, 0.05) is 25.0 Å². The van der Waals surface area contributed by atoms with Crippen molar-refractivity contribution in [3.8, 4) is 0 Å². The first-order valence-corrected chi connectivity index (χ1v) is 10.3. The van der Waals surface area contributed by atoms with Crippen molar-refractivity contribution < 1.29 is 34.6 Å². The van der Waals surface area contributed by atoms with Crippen LogP contribution in [0.1, 0.15) is 32.1 Å². The van der Waals surface area contributed by atoms with Gasteiger partial charge in [-0.1, -0.05) is 0 Å². The maximum absolute atomic E-state index is 9.45. The first kappa shape index (κ1) is 24.8. The van der Waals surface area contributed by atoms with Gasteiger partial charge < -0.3 is 57.2 Å². The molecule has 5 unspecified atom stereocenters. The summed E-state index contributed by atoms with van der Waals surface area (Å²) in [6.07, 6.45) is 0.119. The number of hydrogen-bond donors (Lipinski definition) is 8. The van der Waals surface area contributed by atoms with Crippen LogP contribution in [0.2, 0.25) is 0 Å². The molecule has 0 amide bonds. The summed E-state index contributed by atoms with van der Waals surface area (Å²) in [5.74, 6) is 0. The Kier molecular flexibility index (Phi) is 10.1. The third-order valence-electron chi connectivity index (χ3n) is 5.53. The zero-order valence-corrected chi connectivity index (χ0v) is 17.0. The van der Waals surface area contributed by atoms with Crippen molar-refractivity contribution in [2.45, 2.75) is 93.3 Å². The second kappa shape index (κ2) is 11.8. The van der Waals surface area contributed by atoms with Crippen LogP contribution < -0.4 is 22.5 Å². The number of likely N-dealkylation sites (N-methyl/N-ethyl adjacent to an activating group) is 1. The summed E-state index contributed by atoms with van der Waals surface area (Å²) in [6, 6.07) is -0.671. The van der Waals surface area contributed by atoms with Crippen molar-refractivity contribution in [1.82, 2.24) is 5.32 Å². The lowest BCUT2D eigenvalue weighted by atomic mass is 9.90. The molecule has 0 aromatic heterocycles. The van der Waals surface area contributed by atoms with Crippen LogP contribution in [0, 0.1) is 0 Å². The molecule has 172 valence electrons. The smallest absolute Gasteiger partial charge is 0.172 e. The molecular formula is C18H38N4O7. The molecule has 0 radical (unpaired) electrons. The van der Waals surface area contributed by atoms with Gasteiger partial charge in [-0.15, -0.1) is 0 Å². The van der Waals surface area contributed by atoms with Gasteiger partial charge in [0.05, 0.1) is 24.9 Å². The molecule has 29 heavy (non-hydrogen) atoms. The van der Waals surface area contributed by atoms with Crippen LogP contribution in [0.25, 0.3) is 0 Å². The highest BCUT2D eigenvalue weighted by molar-refractivity contribution is 4.91. The van der Waals surface area contributed by atoms with Crippen LogP contribution in [0.4, 0.5) is 0 Å². The zero-order chi connectivity index (χ0) is 21.6. The van der Waals surface area contributed by atoms with Crippen LogP contribution in [-0.4, -0.2) is 102 Å². The van der Waals surface area contributed by atoms with Crippen molar-refractivity contribution >= 4 is 0 Å². The van der Waals surface area contributed by atoms with Crippen LogP contribution >= 0.6 is 0 Å². The largest absolute Gasteiger partial charge is 0.394 e. The van der Waals surface area contributed by atoms with E-state index in [1.807, 2.05) is 0 Å². The number of aliphatic hydroxyl groups is 4. The minimum absolute atomic E-state index is 0.0593. The number of rotatable bonds is 5. The second-order valence-electron chi connectivity index (χ2n) is 8.11. The summed E-state index contributed by atoms with van der Waals surface area (Å²) in [5, 5.41) is 39.8. The number of nitrogens with two attached hydrogens (primary N) is 3. The molecule has 11 nitrogen and oxygen atoms in total. The molecule has 0 aromatic carbocycles. The SMILES string of the molecule is CNC[C@@H]1O[C@H](O)[C@H](N)C(O)[C@@H]1O.NC1CC(N)CC(OC2CCC(CO)O2)C1.